The van der Waals surface area contributed by atoms with Crippen molar-refractivity contribution in [3.63, 3.8) is 0 Å². The van der Waals surface area contributed by atoms with Crippen LogP contribution in [0.2, 0.25) is 0 Å². The summed E-state index contributed by atoms with van der Waals surface area (Å²) in [6.45, 7) is 8.64. The molecule has 4 nitrogen and oxygen atoms in total. The van der Waals surface area contributed by atoms with Gasteiger partial charge in [0, 0.05) is 0 Å². The van der Waals surface area contributed by atoms with Crippen LogP contribution >= 0.6 is 0 Å². The van der Waals surface area contributed by atoms with Crippen LogP contribution in [0.4, 0.5) is 0 Å². The van der Waals surface area contributed by atoms with Crippen LogP contribution in [-0.2, 0) is 9.59 Å². The molecule has 0 aliphatic carbocycles. The number of carboxylic acid groups (broad SMARTS) is 2. The maximum absolute atomic E-state index is 11.3. The minimum absolute atomic E-state index is 0.142. The molecular weight excluding hydrogens is 208 g/mol. The summed E-state index contributed by atoms with van der Waals surface area (Å²) >= 11 is 0. The second kappa shape index (κ2) is 6.10. The third-order valence-electron chi connectivity index (χ3n) is 2.93. The molecule has 0 rings (SSSR count). The van der Waals surface area contributed by atoms with Crippen molar-refractivity contribution >= 4 is 11.9 Å². The van der Waals surface area contributed by atoms with Crippen molar-refractivity contribution in [2.24, 2.45) is 11.3 Å². The molecule has 0 bridgehead atoms. The Morgan fingerprint density at radius 1 is 1.31 bits per heavy atom. The normalized spacial score (nSPS) is 15.8. The molecule has 0 aliphatic rings. The van der Waals surface area contributed by atoms with Gasteiger partial charge in [-0.15, -0.1) is 13.2 Å². The van der Waals surface area contributed by atoms with Gasteiger partial charge in [-0.2, -0.15) is 0 Å². The van der Waals surface area contributed by atoms with Crippen molar-refractivity contribution in [2.75, 3.05) is 0 Å². The van der Waals surface area contributed by atoms with Gasteiger partial charge in [0.25, 0.3) is 0 Å². The Morgan fingerprint density at radius 2 is 1.88 bits per heavy atom. The molecule has 0 aromatic heterocycles. The highest BCUT2D eigenvalue weighted by Crippen LogP contribution is 2.38. The monoisotopic (exact) mass is 226 g/mol. The van der Waals surface area contributed by atoms with Crippen molar-refractivity contribution in [3.05, 3.63) is 25.3 Å². The zero-order valence-electron chi connectivity index (χ0n) is 9.48. The number of rotatable bonds is 8. The highest BCUT2D eigenvalue weighted by molar-refractivity contribution is 5.83. The van der Waals surface area contributed by atoms with Crippen molar-refractivity contribution in [3.8, 4) is 0 Å². The minimum atomic E-state index is -1.29. The lowest BCUT2D eigenvalue weighted by molar-refractivity contribution is -0.162. The molecular formula is C12H18O4. The van der Waals surface area contributed by atoms with E-state index in [0.717, 1.165) is 0 Å². The van der Waals surface area contributed by atoms with Crippen LogP contribution in [0.5, 0.6) is 0 Å². The number of aliphatic carboxylic acids is 2. The first kappa shape index (κ1) is 14.4. The quantitative estimate of drug-likeness (QED) is 0.623. The third kappa shape index (κ3) is 2.72. The molecule has 0 amide bonds. The Balaban J connectivity index is 5.39. The summed E-state index contributed by atoms with van der Waals surface area (Å²) in [5.41, 5.74) is -1.29. The minimum Gasteiger partial charge on any atom is -0.481 e. The van der Waals surface area contributed by atoms with E-state index in [0.29, 0.717) is 0 Å². The Kier molecular flexibility index (Phi) is 5.50. The molecule has 0 fully saturated rings. The zero-order chi connectivity index (χ0) is 12.8. The fourth-order valence-electron chi connectivity index (χ4n) is 1.91. The molecule has 90 valence electrons. The fraction of sp³-hybridized carbons (Fsp3) is 0.500. The van der Waals surface area contributed by atoms with E-state index in [1.165, 1.54) is 12.2 Å². The molecule has 0 spiro atoms. The summed E-state index contributed by atoms with van der Waals surface area (Å²) in [6, 6.07) is 0. The first-order valence-corrected chi connectivity index (χ1v) is 5.14. The highest BCUT2D eigenvalue weighted by atomic mass is 16.4. The predicted molar refractivity (Wildman–Crippen MR) is 61.1 cm³/mol. The summed E-state index contributed by atoms with van der Waals surface area (Å²) in [7, 11) is 0. The van der Waals surface area contributed by atoms with Gasteiger partial charge in [-0.3, -0.25) is 9.59 Å². The molecule has 0 saturated carbocycles. The zero-order valence-corrected chi connectivity index (χ0v) is 9.48. The van der Waals surface area contributed by atoms with Gasteiger partial charge in [-0.25, -0.2) is 0 Å². The lowest BCUT2D eigenvalue weighted by Crippen LogP contribution is -2.41. The summed E-state index contributed by atoms with van der Waals surface area (Å²) in [5.74, 6) is -3.17. The molecule has 0 aliphatic heterocycles. The molecule has 0 heterocycles. The second-order valence-electron chi connectivity index (χ2n) is 3.72. The molecule has 2 unspecified atom stereocenters. The molecule has 2 atom stereocenters. The molecule has 16 heavy (non-hydrogen) atoms. The van der Waals surface area contributed by atoms with Crippen LogP contribution in [0.15, 0.2) is 25.3 Å². The highest BCUT2D eigenvalue weighted by Gasteiger charge is 2.46. The Morgan fingerprint density at radius 3 is 2.12 bits per heavy atom. The number of allylic oxidation sites excluding steroid dienone is 2. The second-order valence-corrected chi connectivity index (χ2v) is 3.72. The van der Waals surface area contributed by atoms with Gasteiger partial charge in [0.15, 0.2) is 0 Å². The molecule has 0 radical (unpaired) electrons. The van der Waals surface area contributed by atoms with E-state index in [4.69, 9.17) is 5.11 Å². The van der Waals surface area contributed by atoms with Gasteiger partial charge in [0.2, 0.25) is 0 Å². The van der Waals surface area contributed by atoms with Gasteiger partial charge < -0.3 is 10.2 Å². The van der Waals surface area contributed by atoms with Gasteiger partial charge in [0.1, 0.15) is 0 Å². The van der Waals surface area contributed by atoms with Crippen LogP contribution in [0.3, 0.4) is 0 Å². The third-order valence-corrected chi connectivity index (χ3v) is 2.93. The molecule has 4 heteroatoms. The molecule has 0 aromatic carbocycles. The van der Waals surface area contributed by atoms with Gasteiger partial charge >= 0.3 is 11.9 Å². The maximum atomic E-state index is 11.3. The predicted octanol–water partition coefficient (Wildman–Crippen LogP) is 2.32. The standard InChI is InChI=1S/C12H18O4/c1-4-7-9(10(13)14)12(6-3,8-5-2)11(15)16/h4-5,9H,1-2,6-8H2,3H3,(H,13,14)(H,15,16). The Labute approximate surface area is 95.3 Å². The topological polar surface area (TPSA) is 74.6 Å². The van der Waals surface area contributed by atoms with E-state index >= 15 is 0 Å². The van der Waals surface area contributed by atoms with Crippen molar-refractivity contribution in [1.82, 2.24) is 0 Å². The summed E-state index contributed by atoms with van der Waals surface area (Å²) in [6.07, 6.45) is 3.43. The number of hydrogen-bond acceptors (Lipinski definition) is 2. The lowest BCUT2D eigenvalue weighted by Gasteiger charge is -2.32. The van der Waals surface area contributed by atoms with Crippen LogP contribution in [0.25, 0.3) is 0 Å². The van der Waals surface area contributed by atoms with E-state index in [1.54, 1.807) is 6.92 Å². The van der Waals surface area contributed by atoms with Crippen LogP contribution in [0.1, 0.15) is 26.2 Å². The summed E-state index contributed by atoms with van der Waals surface area (Å²) in [4.78, 5) is 22.4. The van der Waals surface area contributed by atoms with Crippen molar-refractivity contribution in [1.29, 1.82) is 0 Å². The Hall–Kier alpha value is -1.58. The van der Waals surface area contributed by atoms with Crippen molar-refractivity contribution in [2.45, 2.75) is 26.2 Å². The fourth-order valence-corrected chi connectivity index (χ4v) is 1.91. The average Bonchev–Trinajstić information content (AvgIpc) is 2.22. The number of carboxylic acids is 2. The first-order chi connectivity index (χ1) is 7.46. The van der Waals surface area contributed by atoms with Crippen LogP contribution in [-0.4, -0.2) is 22.2 Å². The SMILES string of the molecule is C=CCC(C(=O)O)C(CC)(CC=C)C(=O)O. The smallest absolute Gasteiger partial charge is 0.310 e. The van der Waals surface area contributed by atoms with E-state index < -0.39 is 23.3 Å². The van der Waals surface area contributed by atoms with Gasteiger partial charge in [-0.05, 0) is 19.3 Å². The van der Waals surface area contributed by atoms with Crippen LogP contribution < -0.4 is 0 Å². The number of hydrogen-bond donors (Lipinski definition) is 2. The largest absolute Gasteiger partial charge is 0.481 e. The average molecular weight is 226 g/mol. The Bertz CT molecular complexity index is 295. The van der Waals surface area contributed by atoms with Gasteiger partial charge in [0.05, 0.1) is 11.3 Å². The van der Waals surface area contributed by atoms with Gasteiger partial charge in [-0.1, -0.05) is 19.1 Å². The molecule has 0 aromatic rings. The van der Waals surface area contributed by atoms with E-state index in [2.05, 4.69) is 13.2 Å². The summed E-state index contributed by atoms with van der Waals surface area (Å²) < 4.78 is 0. The van der Waals surface area contributed by atoms with Crippen molar-refractivity contribution < 1.29 is 19.8 Å². The molecule has 2 N–H and O–H groups in total. The van der Waals surface area contributed by atoms with E-state index in [9.17, 15) is 14.7 Å². The molecule has 0 saturated heterocycles. The first-order valence-electron chi connectivity index (χ1n) is 5.14. The maximum Gasteiger partial charge on any atom is 0.310 e. The van der Waals surface area contributed by atoms with Crippen LogP contribution in [0, 0.1) is 11.3 Å². The number of carbonyl (C=O) groups is 2. The summed E-state index contributed by atoms with van der Waals surface area (Å²) in [5, 5.41) is 18.4. The lowest BCUT2D eigenvalue weighted by atomic mass is 9.69. The van der Waals surface area contributed by atoms with E-state index in [-0.39, 0.29) is 19.3 Å². The van der Waals surface area contributed by atoms with E-state index in [1.807, 2.05) is 0 Å².